The summed E-state index contributed by atoms with van der Waals surface area (Å²) >= 11 is 0. The van der Waals surface area contributed by atoms with Crippen molar-refractivity contribution in [3.8, 4) is 0 Å². The first-order chi connectivity index (χ1) is 9.58. The number of nitrogens with one attached hydrogen (secondary N) is 1. The van der Waals surface area contributed by atoms with Crippen molar-refractivity contribution in [1.82, 2.24) is 4.98 Å². The van der Waals surface area contributed by atoms with Crippen LogP contribution in [0.4, 0.5) is 16.2 Å². The molecule has 1 unspecified atom stereocenters. The number of urea groups is 1. The molecule has 2 aromatic rings. The Bertz CT molecular complexity index is 585. The predicted molar refractivity (Wildman–Crippen MR) is 78.7 cm³/mol. The number of aliphatic hydroxyl groups excluding tert-OH is 1. The zero-order valence-electron chi connectivity index (χ0n) is 11.4. The van der Waals surface area contributed by atoms with Crippen LogP contribution in [0.5, 0.6) is 0 Å². The number of nitrogens with zero attached hydrogens (tertiary/aromatic N) is 2. The zero-order valence-corrected chi connectivity index (χ0v) is 11.4. The van der Waals surface area contributed by atoms with Gasteiger partial charge >= 0.3 is 6.03 Å². The summed E-state index contributed by atoms with van der Waals surface area (Å²) in [6.45, 7) is 1.68. The normalized spacial score (nSPS) is 11.8. The highest BCUT2D eigenvalue weighted by molar-refractivity contribution is 6.01. The summed E-state index contributed by atoms with van der Waals surface area (Å²) in [6.07, 6.45) is 2.70. The Morgan fingerprint density at radius 2 is 2.00 bits per heavy atom. The number of anilines is 2. The Labute approximate surface area is 117 Å². The van der Waals surface area contributed by atoms with Gasteiger partial charge in [-0.2, -0.15) is 0 Å². The Balaban J connectivity index is 2.10. The molecule has 0 fully saturated rings. The minimum absolute atomic E-state index is 0.251. The number of carbonyl (C=O) groups is 1. The molecule has 2 rings (SSSR count). The monoisotopic (exact) mass is 271 g/mol. The molecule has 20 heavy (non-hydrogen) atoms. The molecule has 5 heteroatoms. The number of aromatic nitrogens is 1. The lowest BCUT2D eigenvalue weighted by Gasteiger charge is -2.18. The topological polar surface area (TPSA) is 65.5 Å². The number of amides is 2. The smallest absolute Gasteiger partial charge is 0.326 e. The fourth-order valence-electron chi connectivity index (χ4n) is 1.77. The van der Waals surface area contributed by atoms with E-state index >= 15 is 0 Å². The van der Waals surface area contributed by atoms with Crippen LogP contribution in [0.15, 0.2) is 48.8 Å². The van der Waals surface area contributed by atoms with E-state index in [0.29, 0.717) is 5.69 Å². The number of hydrogen-bond donors (Lipinski definition) is 2. The molecule has 0 saturated heterocycles. The summed E-state index contributed by atoms with van der Waals surface area (Å²) in [5.74, 6) is 0. The highest BCUT2D eigenvalue weighted by Crippen LogP contribution is 2.18. The Morgan fingerprint density at radius 1 is 1.30 bits per heavy atom. The quantitative estimate of drug-likeness (QED) is 0.902. The number of hydrogen-bond acceptors (Lipinski definition) is 3. The van der Waals surface area contributed by atoms with E-state index in [-0.39, 0.29) is 6.03 Å². The molecule has 1 aromatic heterocycles. The van der Waals surface area contributed by atoms with Crippen LogP contribution in [-0.2, 0) is 0 Å². The first kappa shape index (κ1) is 14.0. The van der Waals surface area contributed by atoms with Crippen molar-refractivity contribution in [2.75, 3.05) is 17.3 Å². The van der Waals surface area contributed by atoms with Gasteiger partial charge in [0.15, 0.2) is 0 Å². The summed E-state index contributed by atoms with van der Waals surface area (Å²) in [5, 5.41) is 12.3. The third-order valence-electron chi connectivity index (χ3n) is 2.97. The Morgan fingerprint density at radius 3 is 2.65 bits per heavy atom. The number of benzene rings is 1. The van der Waals surface area contributed by atoms with Crippen LogP contribution in [0, 0.1) is 0 Å². The van der Waals surface area contributed by atoms with Gasteiger partial charge in [0.1, 0.15) is 0 Å². The van der Waals surface area contributed by atoms with Gasteiger partial charge in [0.2, 0.25) is 0 Å². The van der Waals surface area contributed by atoms with E-state index in [4.69, 9.17) is 0 Å². The first-order valence-corrected chi connectivity index (χ1v) is 6.30. The second kappa shape index (κ2) is 6.16. The second-order valence-electron chi connectivity index (χ2n) is 4.50. The molecule has 0 radical (unpaired) electrons. The zero-order chi connectivity index (χ0) is 14.5. The number of carbonyl (C=O) groups excluding carboxylic acids is 1. The van der Waals surface area contributed by atoms with Gasteiger partial charge in [0, 0.05) is 30.8 Å². The van der Waals surface area contributed by atoms with Crippen LogP contribution >= 0.6 is 0 Å². The highest BCUT2D eigenvalue weighted by atomic mass is 16.3. The standard InChI is InChI=1S/C15H17N3O2/c1-11(19)12-4-3-5-13(10-12)17-15(20)18(2)14-6-8-16-9-7-14/h3-11,19H,1-2H3,(H,17,20). The molecular weight excluding hydrogens is 254 g/mol. The van der Waals surface area contributed by atoms with Crippen molar-refractivity contribution in [2.24, 2.45) is 0 Å². The Hall–Kier alpha value is -2.40. The summed E-state index contributed by atoms with van der Waals surface area (Å²) in [7, 11) is 1.68. The lowest BCUT2D eigenvalue weighted by molar-refractivity contribution is 0.199. The van der Waals surface area contributed by atoms with E-state index in [2.05, 4.69) is 10.3 Å². The maximum absolute atomic E-state index is 12.1. The largest absolute Gasteiger partial charge is 0.389 e. The molecule has 1 heterocycles. The molecule has 0 aliphatic heterocycles. The van der Waals surface area contributed by atoms with E-state index < -0.39 is 6.10 Å². The van der Waals surface area contributed by atoms with E-state index in [0.717, 1.165) is 11.3 Å². The fourth-order valence-corrected chi connectivity index (χ4v) is 1.77. The van der Waals surface area contributed by atoms with Crippen molar-refractivity contribution in [3.05, 3.63) is 54.4 Å². The molecule has 0 aliphatic rings. The molecule has 1 aromatic carbocycles. The molecule has 0 bridgehead atoms. The predicted octanol–water partition coefficient (Wildman–Crippen LogP) is 2.80. The Kier molecular flexibility index (Phi) is 4.32. The molecule has 2 N–H and O–H groups in total. The molecule has 0 aliphatic carbocycles. The van der Waals surface area contributed by atoms with Crippen molar-refractivity contribution in [2.45, 2.75) is 13.0 Å². The van der Waals surface area contributed by atoms with Gasteiger partial charge in [-0.1, -0.05) is 12.1 Å². The van der Waals surface area contributed by atoms with Crippen molar-refractivity contribution < 1.29 is 9.90 Å². The van der Waals surface area contributed by atoms with Crippen molar-refractivity contribution in [3.63, 3.8) is 0 Å². The van der Waals surface area contributed by atoms with Crippen LogP contribution in [-0.4, -0.2) is 23.2 Å². The van der Waals surface area contributed by atoms with E-state index in [1.54, 1.807) is 56.7 Å². The average molecular weight is 271 g/mol. The van der Waals surface area contributed by atoms with Crippen LogP contribution in [0.2, 0.25) is 0 Å². The molecule has 1 atom stereocenters. The third-order valence-corrected chi connectivity index (χ3v) is 2.97. The van der Waals surface area contributed by atoms with Gasteiger partial charge in [-0.15, -0.1) is 0 Å². The van der Waals surface area contributed by atoms with E-state index in [9.17, 15) is 9.90 Å². The summed E-state index contributed by atoms with van der Waals surface area (Å²) < 4.78 is 0. The molecule has 0 saturated carbocycles. The maximum atomic E-state index is 12.1. The highest BCUT2D eigenvalue weighted by Gasteiger charge is 2.11. The number of rotatable bonds is 3. The van der Waals surface area contributed by atoms with Gasteiger partial charge in [0.05, 0.1) is 6.10 Å². The number of aliphatic hydroxyl groups is 1. The summed E-state index contributed by atoms with van der Waals surface area (Å²) in [6, 6.07) is 10.4. The van der Waals surface area contributed by atoms with Crippen molar-refractivity contribution in [1.29, 1.82) is 0 Å². The molecule has 0 spiro atoms. The van der Waals surface area contributed by atoms with E-state index in [1.807, 2.05) is 6.07 Å². The average Bonchev–Trinajstić information content (AvgIpc) is 2.47. The van der Waals surface area contributed by atoms with Gasteiger partial charge in [-0.05, 0) is 36.8 Å². The molecular formula is C15H17N3O2. The second-order valence-corrected chi connectivity index (χ2v) is 4.50. The first-order valence-electron chi connectivity index (χ1n) is 6.30. The van der Waals surface area contributed by atoms with Crippen LogP contribution in [0.25, 0.3) is 0 Å². The fraction of sp³-hybridized carbons (Fsp3) is 0.200. The van der Waals surface area contributed by atoms with Crippen LogP contribution in [0.3, 0.4) is 0 Å². The lowest BCUT2D eigenvalue weighted by atomic mass is 10.1. The third kappa shape index (κ3) is 3.33. The maximum Gasteiger partial charge on any atom is 0.326 e. The van der Waals surface area contributed by atoms with Crippen molar-refractivity contribution >= 4 is 17.4 Å². The molecule has 2 amide bonds. The molecule has 104 valence electrons. The summed E-state index contributed by atoms with van der Waals surface area (Å²) in [5.41, 5.74) is 2.16. The lowest BCUT2D eigenvalue weighted by Crippen LogP contribution is -2.31. The minimum Gasteiger partial charge on any atom is -0.389 e. The van der Waals surface area contributed by atoms with Gasteiger partial charge < -0.3 is 10.4 Å². The van der Waals surface area contributed by atoms with Crippen LogP contribution < -0.4 is 10.2 Å². The van der Waals surface area contributed by atoms with Crippen LogP contribution in [0.1, 0.15) is 18.6 Å². The van der Waals surface area contributed by atoms with Gasteiger partial charge in [0.25, 0.3) is 0 Å². The molecule has 5 nitrogen and oxygen atoms in total. The SMILES string of the molecule is CC(O)c1cccc(NC(=O)N(C)c2ccncc2)c1. The minimum atomic E-state index is -0.565. The van der Waals surface area contributed by atoms with E-state index in [1.165, 1.54) is 4.90 Å². The van der Waals surface area contributed by atoms with Gasteiger partial charge in [-0.25, -0.2) is 4.79 Å². The summed E-state index contributed by atoms with van der Waals surface area (Å²) in [4.78, 5) is 17.5. The van der Waals surface area contributed by atoms with Gasteiger partial charge in [-0.3, -0.25) is 9.88 Å². The number of pyridine rings is 1.